The van der Waals surface area contributed by atoms with E-state index in [0.717, 1.165) is 19.6 Å². The molecule has 1 unspecified atom stereocenters. The Morgan fingerprint density at radius 2 is 2.50 bits per heavy atom. The standard InChI is InChI=1S/C13H20N4O/c1-17-6-2-3-10(9-17)8-16-13(18)11-4-5-15-12(14)7-11/h4-5,7,10H,2-3,6,8-9H2,1H3,(H2,14,15)(H,16,18). The number of hydrogen-bond donors (Lipinski definition) is 2. The second kappa shape index (κ2) is 5.82. The molecule has 0 radical (unpaired) electrons. The van der Waals surface area contributed by atoms with Crippen LogP contribution in [0.3, 0.4) is 0 Å². The highest BCUT2D eigenvalue weighted by Crippen LogP contribution is 2.14. The van der Waals surface area contributed by atoms with E-state index in [-0.39, 0.29) is 5.91 Å². The van der Waals surface area contributed by atoms with Crippen molar-refractivity contribution in [1.82, 2.24) is 15.2 Å². The maximum absolute atomic E-state index is 11.9. The number of likely N-dealkylation sites (tertiary alicyclic amines) is 1. The predicted octanol–water partition coefficient (Wildman–Crippen LogP) is 0.735. The molecule has 1 aliphatic rings. The Bertz CT molecular complexity index is 421. The van der Waals surface area contributed by atoms with Gasteiger partial charge in [-0.05, 0) is 44.5 Å². The number of carbonyl (C=O) groups excluding carboxylic acids is 1. The summed E-state index contributed by atoms with van der Waals surface area (Å²) in [4.78, 5) is 18.1. The molecule has 1 aromatic heterocycles. The lowest BCUT2D eigenvalue weighted by Gasteiger charge is -2.29. The summed E-state index contributed by atoms with van der Waals surface area (Å²) >= 11 is 0. The first-order valence-electron chi connectivity index (χ1n) is 6.33. The van der Waals surface area contributed by atoms with E-state index >= 15 is 0 Å². The largest absolute Gasteiger partial charge is 0.384 e. The molecule has 1 saturated heterocycles. The summed E-state index contributed by atoms with van der Waals surface area (Å²) in [7, 11) is 2.12. The Kier molecular flexibility index (Phi) is 4.15. The third-order valence-corrected chi connectivity index (χ3v) is 3.32. The zero-order valence-electron chi connectivity index (χ0n) is 10.7. The zero-order chi connectivity index (χ0) is 13.0. The monoisotopic (exact) mass is 248 g/mol. The number of aromatic nitrogens is 1. The van der Waals surface area contributed by atoms with Gasteiger partial charge in [0.15, 0.2) is 0 Å². The summed E-state index contributed by atoms with van der Waals surface area (Å²) in [5.74, 6) is 0.851. The van der Waals surface area contributed by atoms with Crippen LogP contribution in [0.1, 0.15) is 23.2 Å². The van der Waals surface area contributed by atoms with Crippen LogP contribution in [0.25, 0.3) is 0 Å². The minimum absolute atomic E-state index is 0.0719. The van der Waals surface area contributed by atoms with Crippen LogP contribution < -0.4 is 11.1 Å². The quantitative estimate of drug-likeness (QED) is 0.827. The molecule has 3 N–H and O–H groups in total. The van der Waals surface area contributed by atoms with E-state index in [4.69, 9.17) is 5.73 Å². The number of anilines is 1. The number of nitrogens with zero attached hydrogens (tertiary/aromatic N) is 2. The number of nitrogens with two attached hydrogens (primary N) is 1. The van der Waals surface area contributed by atoms with Gasteiger partial charge in [0, 0.05) is 24.8 Å². The smallest absolute Gasteiger partial charge is 0.251 e. The van der Waals surface area contributed by atoms with E-state index in [2.05, 4.69) is 22.2 Å². The third kappa shape index (κ3) is 3.43. The van der Waals surface area contributed by atoms with Gasteiger partial charge in [0.1, 0.15) is 5.82 Å². The van der Waals surface area contributed by atoms with Crippen molar-refractivity contribution in [2.24, 2.45) is 5.92 Å². The molecule has 1 amide bonds. The molecule has 18 heavy (non-hydrogen) atoms. The summed E-state index contributed by atoms with van der Waals surface area (Å²) < 4.78 is 0. The van der Waals surface area contributed by atoms with Crippen molar-refractivity contribution in [3.63, 3.8) is 0 Å². The minimum Gasteiger partial charge on any atom is -0.384 e. The van der Waals surface area contributed by atoms with Gasteiger partial charge >= 0.3 is 0 Å². The molecule has 0 saturated carbocycles. The highest BCUT2D eigenvalue weighted by atomic mass is 16.1. The van der Waals surface area contributed by atoms with Gasteiger partial charge in [0.05, 0.1) is 0 Å². The highest BCUT2D eigenvalue weighted by Gasteiger charge is 2.18. The van der Waals surface area contributed by atoms with Crippen molar-refractivity contribution in [3.05, 3.63) is 23.9 Å². The summed E-state index contributed by atoms with van der Waals surface area (Å²) in [6.07, 6.45) is 3.95. The van der Waals surface area contributed by atoms with Gasteiger partial charge in [-0.2, -0.15) is 0 Å². The predicted molar refractivity (Wildman–Crippen MR) is 71.2 cm³/mol. The van der Waals surface area contributed by atoms with Crippen LogP contribution in [0, 0.1) is 5.92 Å². The Morgan fingerprint density at radius 3 is 3.22 bits per heavy atom. The Morgan fingerprint density at radius 1 is 1.67 bits per heavy atom. The van der Waals surface area contributed by atoms with E-state index in [1.807, 2.05) is 0 Å². The van der Waals surface area contributed by atoms with Gasteiger partial charge in [-0.1, -0.05) is 0 Å². The van der Waals surface area contributed by atoms with Crippen molar-refractivity contribution < 1.29 is 4.79 Å². The van der Waals surface area contributed by atoms with Gasteiger partial charge in [-0.3, -0.25) is 4.79 Å². The van der Waals surface area contributed by atoms with E-state index < -0.39 is 0 Å². The number of hydrogen-bond acceptors (Lipinski definition) is 4. The average molecular weight is 248 g/mol. The van der Waals surface area contributed by atoms with Crippen LogP contribution in [0.5, 0.6) is 0 Å². The molecule has 0 aliphatic carbocycles. The van der Waals surface area contributed by atoms with Gasteiger partial charge < -0.3 is 16.0 Å². The Hall–Kier alpha value is -1.62. The van der Waals surface area contributed by atoms with Crippen molar-refractivity contribution in [2.45, 2.75) is 12.8 Å². The summed E-state index contributed by atoms with van der Waals surface area (Å²) in [6, 6.07) is 3.28. The van der Waals surface area contributed by atoms with Crippen molar-refractivity contribution in [1.29, 1.82) is 0 Å². The van der Waals surface area contributed by atoms with Gasteiger partial charge in [0.2, 0.25) is 0 Å². The first-order valence-corrected chi connectivity index (χ1v) is 6.33. The van der Waals surface area contributed by atoms with E-state index in [1.54, 1.807) is 18.3 Å². The van der Waals surface area contributed by atoms with Gasteiger partial charge in [-0.15, -0.1) is 0 Å². The van der Waals surface area contributed by atoms with E-state index in [0.29, 0.717) is 17.3 Å². The second-order valence-corrected chi connectivity index (χ2v) is 4.95. The molecule has 1 atom stereocenters. The molecule has 1 aliphatic heterocycles. The van der Waals surface area contributed by atoms with Crippen LogP contribution in [0.15, 0.2) is 18.3 Å². The van der Waals surface area contributed by atoms with Crippen molar-refractivity contribution in [2.75, 3.05) is 32.4 Å². The molecule has 1 aromatic rings. The number of nitrogens with one attached hydrogen (secondary N) is 1. The SMILES string of the molecule is CN1CCCC(CNC(=O)c2ccnc(N)c2)C1. The summed E-state index contributed by atoms with van der Waals surface area (Å²) in [5.41, 5.74) is 6.13. The summed E-state index contributed by atoms with van der Waals surface area (Å²) in [5, 5.41) is 2.97. The zero-order valence-corrected chi connectivity index (χ0v) is 10.7. The second-order valence-electron chi connectivity index (χ2n) is 4.95. The van der Waals surface area contributed by atoms with Crippen LogP contribution >= 0.6 is 0 Å². The van der Waals surface area contributed by atoms with Crippen LogP contribution in [-0.2, 0) is 0 Å². The molecule has 0 bridgehead atoms. The lowest BCUT2D eigenvalue weighted by atomic mass is 9.98. The first-order chi connectivity index (χ1) is 8.65. The molecule has 5 nitrogen and oxygen atoms in total. The maximum atomic E-state index is 11.9. The normalized spacial score (nSPS) is 20.6. The molecular weight excluding hydrogens is 228 g/mol. The molecular formula is C13H20N4O. The molecule has 1 fully saturated rings. The average Bonchev–Trinajstić information content (AvgIpc) is 2.36. The minimum atomic E-state index is -0.0719. The molecule has 0 spiro atoms. The fourth-order valence-corrected chi connectivity index (χ4v) is 2.37. The summed E-state index contributed by atoms with van der Waals surface area (Å²) in [6.45, 7) is 2.94. The molecule has 0 aromatic carbocycles. The molecule has 5 heteroatoms. The highest BCUT2D eigenvalue weighted by molar-refractivity contribution is 5.94. The van der Waals surface area contributed by atoms with E-state index in [1.165, 1.54) is 12.8 Å². The van der Waals surface area contributed by atoms with Crippen molar-refractivity contribution in [3.8, 4) is 0 Å². The third-order valence-electron chi connectivity index (χ3n) is 3.32. The Labute approximate surface area is 107 Å². The lowest BCUT2D eigenvalue weighted by molar-refractivity contribution is 0.0937. The van der Waals surface area contributed by atoms with Gasteiger partial charge in [0.25, 0.3) is 5.91 Å². The van der Waals surface area contributed by atoms with Gasteiger partial charge in [-0.25, -0.2) is 4.98 Å². The fourth-order valence-electron chi connectivity index (χ4n) is 2.37. The Balaban J connectivity index is 1.84. The van der Waals surface area contributed by atoms with Crippen molar-refractivity contribution >= 4 is 11.7 Å². The lowest BCUT2D eigenvalue weighted by Crippen LogP contribution is -2.39. The van der Waals surface area contributed by atoms with Crippen LogP contribution in [0.4, 0.5) is 5.82 Å². The van der Waals surface area contributed by atoms with Crippen LogP contribution in [-0.4, -0.2) is 42.5 Å². The first kappa shape index (κ1) is 12.8. The molecule has 98 valence electrons. The number of amides is 1. The number of pyridine rings is 1. The molecule has 2 heterocycles. The topological polar surface area (TPSA) is 71.2 Å². The number of carbonyl (C=O) groups is 1. The van der Waals surface area contributed by atoms with E-state index in [9.17, 15) is 4.79 Å². The molecule has 2 rings (SSSR count). The fraction of sp³-hybridized carbons (Fsp3) is 0.538. The maximum Gasteiger partial charge on any atom is 0.251 e. The van der Waals surface area contributed by atoms with Crippen LogP contribution in [0.2, 0.25) is 0 Å². The number of piperidine rings is 1. The number of rotatable bonds is 3. The number of nitrogen functional groups attached to an aromatic ring is 1.